The Hall–Kier alpha value is -1.96. The fourth-order valence-corrected chi connectivity index (χ4v) is 5.15. The Labute approximate surface area is 210 Å². The monoisotopic (exact) mass is 508 g/mol. The first-order valence-electron chi connectivity index (χ1n) is 11.9. The van der Waals surface area contributed by atoms with Crippen molar-refractivity contribution in [1.29, 1.82) is 0 Å². The first-order valence-corrected chi connectivity index (χ1v) is 12.7. The summed E-state index contributed by atoms with van der Waals surface area (Å²) in [4.78, 5) is 24.1. The standard InChI is InChI=1S/C25H31Cl2FN4O2/c1-15-22(14-16-7-8-18(26)19(27)13-16)30-25(34-2)31-23(15)24(33)32-11-9-17(10-12-32)29-21-6-4-3-5-20(21)28/h7-8,13,17,20-21,29H,3-6,9-12,14H2,1-2H3. The van der Waals surface area contributed by atoms with Crippen molar-refractivity contribution >= 4 is 29.1 Å². The molecule has 1 aliphatic carbocycles. The van der Waals surface area contributed by atoms with Gasteiger partial charge in [-0.25, -0.2) is 4.39 Å². The molecule has 2 atom stereocenters. The van der Waals surface area contributed by atoms with Crippen molar-refractivity contribution < 1.29 is 13.9 Å². The van der Waals surface area contributed by atoms with Crippen molar-refractivity contribution in [1.82, 2.24) is 20.2 Å². The average Bonchev–Trinajstić information content (AvgIpc) is 2.84. The second kappa shape index (κ2) is 11.2. The number of piperidine rings is 1. The Bertz CT molecular complexity index is 1030. The van der Waals surface area contributed by atoms with Gasteiger partial charge in [0.1, 0.15) is 11.9 Å². The number of nitrogens with one attached hydrogen (secondary N) is 1. The number of alkyl halides is 1. The first-order chi connectivity index (χ1) is 16.4. The van der Waals surface area contributed by atoms with Crippen molar-refractivity contribution in [2.75, 3.05) is 20.2 Å². The third-order valence-electron chi connectivity index (χ3n) is 6.88. The smallest absolute Gasteiger partial charge is 0.317 e. The van der Waals surface area contributed by atoms with Crippen LogP contribution in [0.2, 0.25) is 10.0 Å². The van der Waals surface area contributed by atoms with E-state index in [9.17, 15) is 9.18 Å². The van der Waals surface area contributed by atoms with Crippen LogP contribution in [0, 0.1) is 6.92 Å². The summed E-state index contributed by atoms with van der Waals surface area (Å²) < 4.78 is 19.5. The molecule has 1 N–H and O–H groups in total. The third kappa shape index (κ3) is 5.81. The van der Waals surface area contributed by atoms with Crippen LogP contribution in [0.25, 0.3) is 0 Å². The molecule has 2 unspecified atom stereocenters. The van der Waals surface area contributed by atoms with Crippen LogP contribution in [0.5, 0.6) is 6.01 Å². The van der Waals surface area contributed by atoms with E-state index in [2.05, 4.69) is 15.3 Å². The molecule has 1 amide bonds. The fourth-order valence-electron chi connectivity index (χ4n) is 4.83. The number of carbonyl (C=O) groups excluding carboxylic acids is 1. The number of methoxy groups -OCH3 is 1. The lowest BCUT2D eigenvalue weighted by Gasteiger charge is -2.36. The normalized spacial score (nSPS) is 21.5. The molecule has 2 heterocycles. The predicted molar refractivity (Wildman–Crippen MR) is 132 cm³/mol. The topological polar surface area (TPSA) is 67.3 Å². The Morgan fingerprint density at radius 2 is 1.88 bits per heavy atom. The molecule has 184 valence electrons. The first kappa shape index (κ1) is 25.1. The van der Waals surface area contributed by atoms with Gasteiger partial charge in [0.05, 0.1) is 22.8 Å². The molecule has 2 aromatic rings. The summed E-state index contributed by atoms with van der Waals surface area (Å²) in [6, 6.07) is 5.76. The average molecular weight is 509 g/mol. The highest BCUT2D eigenvalue weighted by atomic mass is 35.5. The van der Waals surface area contributed by atoms with Crippen molar-refractivity contribution in [2.24, 2.45) is 0 Å². The van der Waals surface area contributed by atoms with E-state index in [4.69, 9.17) is 27.9 Å². The Morgan fingerprint density at radius 1 is 1.15 bits per heavy atom. The van der Waals surface area contributed by atoms with E-state index in [-0.39, 0.29) is 24.0 Å². The summed E-state index contributed by atoms with van der Waals surface area (Å²) in [6.45, 7) is 3.07. The highest BCUT2D eigenvalue weighted by Crippen LogP contribution is 2.27. The van der Waals surface area contributed by atoms with Gasteiger partial charge < -0.3 is 15.0 Å². The van der Waals surface area contributed by atoms with Crippen LogP contribution in [0.1, 0.15) is 65.8 Å². The van der Waals surface area contributed by atoms with Crippen LogP contribution >= 0.6 is 23.2 Å². The molecule has 0 bridgehead atoms. The number of hydrogen-bond donors (Lipinski definition) is 1. The summed E-state index contributed by atoms with van der Waals surface area (Å²) in [6.07, 6.45) is 4.89. The number of hydrogen-bond acceptors (Lipinski definition) is 5. The molecular weight excluding hydrogens is 478 g/mol. The van der Waals surface area contributed by atoms with Crippen molar-refractivity contribution in [2.45, 2.75) is 70.1 Å². The quantitative estimate of drug-likeness (QED) is 0.583. The van der Waals surface area contributed by atoms with E-state index in [1.165, 1.54) is 7.11 Å². The summed E-state index contributed by atoms with van der Waals surface area (Å²) in [5, 5.41) is 4.46. The van der Waals surface area contributed by atoms with E-state index in [1.54, 1.807) is 12.1 Å². The summed E-state index contributed by atoms with van der Waals surface area (Å²) in [7, 11) is 1.49. The third-order valence-corrected chi connectivity index (χ3v) is 7.62. The van der Waals surface area contributed by atoms with E-state index >= 15 is 0 Å². The van der Waals surface area contributed by atoms with Gasteiger partial charge in [0.2, 0.25) is 0 Å². The van der Waals surface area contributed by atoms with E-state index < -0.39 is 6.17 Å². The number of likely N-dealkylation sites (tertiary alicyclic amines) is 1. The van der Waals surface area contributed by atoms with E-state index in [1.807, 2.05) is 17.9 Å². The zero-order chi connectivity index (χ0) is 24.2. The molecule has 34 heavy (non-hydrogen) atoms. The molecule has 1 saturated heterocycles. The SMILES string of the molecule is COc1nc(Cc2ccc(Cl)c(Cl)c2)c(C)c(C(=O)N2CCC(NC3CCCCC3F)CC2)n1. The molecule has 6 nitrogen and oxygen atoms in total. The van der Waals surface area contributed by atoms with Gasteiger partial charge in [-0.2, -0.15) is 9.97 Å². The Balaban J connectivity index is 1.45. The maximum Gasteiger partial charge on any atom is 0.317 e. The number of aromatic nitrogens is 2. The van der Waals surface area contributed by atoms with Gasteiger partial charge in [0.15, 0.2) is 0 Å². The Morgan fingerprint density at radius 3 is 2.56 bits per heavy atom. The highest BCUT2D eigenvalue weighted by molar-refractivity contribution is 6.42. The van der Waals surface area contributed by atoms with Gasteiger partial charge >= 0.3 is 6.01 Å². The second-order valence-corrected chi connectivity index (χ2v) is 10.0. The fraction of sp³-hybridized carbons (Fsp3) is 0.560. The van der Waals surface area contributed by atoms with Crippen LogP contribution in [-0.2, 0) is 6.42 Å². The van der Waals surface area contributed by atoms with Crippen molar-refractivity contribution in [3.8, 4) is 6.01 Å². The number of ether oxygens (including phenoxy) is 1. The molecule has 1 aromatic carbocycles. The van der Waals surface area contributed by atoms with E-state index in [0.717, 1.165) is 43.2 Å². The van der Waals surface area contributed by atoms with Gasteiger partial charge in [0, 0.05) is 37.2 Å². The van der Waals surface area contributed by atoms with Gasteiger partial charge in [-0.05, 0) is 50.3 Å². The van der Waals surface area contributed by atoms with Crippen LogP contribution in [0.3, 0.4) is 0 Å². The number of halogens is 3. The van der Waals surface area contributed by atoms with Gasteiger partial charge in [-0.1, -0.05) is 42.1 Å². The van der Waals surface area contributed by atoms with Crippen LogP contribution < -0.4 is 10.1 Å². The summed E-state index contributed by atoms with van der Waals surface area (Å²) in [5.74, 6) is -0.131. The summed E-state index contributed by atoms with van der Waals surface area (Å²) in [5.41, 5.74) is 2.71. The number of benzene rings is 1. The molecule has 0 spiro atoms. The largest absolute Gasteiger partial charge is 0.467 e. The minimum Gasteiger partial charge on any atom is -0.467 e. The van der Waals surface area contributed by atoms with Crippen LogP contribution in [0.15, 0.2) is 18.2 Å². The lowest BCUT2D eigenvalue weighted by molar-refractivity contribution is 0.0681. The highest BCUT2D eigenvalue weighted by Gasteiger charge is 2.31. The molecule has 9 heteroatoms. The van der Waals surface area contributed by atoms with Gasteiger partial charge in [-0.3, -0.25) is 4.79 Å². The second-order valence-electron chi connectivity index (χ2n) is 9.20. The minimum atomic E-state index is -0.765. The number of carbonyl (C=O) groups is 1. The molecule has 1 saturated carbocycles. The minimum absolute atomic E-state index is 0.0571. The molecule has 4 rings (SSSR count). The number of rotatable bonds is 6. The van der Waals surface area contributed by atoms with Gasteiger partial charge in [0.25, 0.3) is 5.91 Å². The number of amides is 1. The molecule has 0 radical (unpaired) electrons. The zero-order valence-corrected chi connectivity index (χ0v) is 21.1. The number of nitrogens with zero attached hydrogens (tertiary/aromatic N) is 3. The van der Waals surface area contributed by atoms with Gasteiger partial charge in [-0.15, -0.1) is 0 Å². The van der Waals surface area contributed by atoms with Crippen molar-refractivity contribution in [3.05, 3.63) is 50.8 Å². The van der Waals surface area contributed by atoms with Crippen LogP contribution in [0.4, 0.5) is 4.39 Å². The predicted octanol–water partition coefficient (Wildman–Crippen LogP) is 5.17. The maximum absolute atomic E-state index is 14.2. The molecular formula is C25H31Cl2FN4O2. The van der Waals surface area contributed by atoms with Crippen molar-refractivity contribution in [3.63, 3.8) is 0 Å². The summed E-state index contributed by atoms with van der Waals surface area (Å²) >= 11 is 12.2. The Kier molecular flexibility index (Phi) is 8.27. The molecule has 1 aromatic heterocycles. The zero-order valence-electron chi connectivity index (χ0n) is 19.6. The maximum atomic E-state index is 14.2. The van der Waals surface area contributed by atoms with E-state index in [0.29, 0.717) is 47.4 Å². The lowest BCUT2D eigenvalue weighted by Crippen LogP contribution is -2.51. The molecule has 1 aliphatic heterocycles. The lowest BCUT2D eigenvalue weighted by atomic mass is 9.92. The molecule has 2 aliphatic rings. The van der Waals surface area contributed by atoms with Crippen LogP contribution in [-0.4, -0.2) is 59.2 Å². The molecule has 2 fully saturated rings.